The number of rotatable bonds is 5. The molecule has 0 spiro atoms. The van der Waals surface area contributed by atoms with Gasteiger partial charge in [-0.1, -0.05) is 18.9 Å². The van der Waals surface area contributed by atoms with Gasteiger partial charge in [0, 0.05) is 37.6 Å². The number of nitrogens with zero attached hydrogens (tertiary/aromatic N) is 3. The zero-order chi connectivity index (χ0) is 17.2. The van der Waals surface area contributed by atoms with Gasteiger partial charge in [0.2, 0.25) is 5.91 Å². The second-order valence-electron chi connectivity index (χ2n) is 7.23. The van der Waals surface area contributed by atoms with Crippen molar-refractivity contribution in [1.82, 2.24) is 19.8 Å². The monoisotopic (exact) mass is 358 g/mol. The lowest BCUT2D eigenvalue weighted by atomic mass is 9.95. The molecule has 1 fully saturated rings. The van der Waals surface area contributed by atoms with E-state index in [9.17, 15) is 4.79 Å². The third kappa shape index (κ3) is 3.51. The standard InChI is InChI=1S/C19H26N4OS/c1-22-13-21-17-12-23(14-5-2-3-6-14)11-16(18(17)22)19(24)20-9-8-15-7-4-10-25-15/h4,7,10,13-14,16H,2-3,5-6,8-9,11-12H2,1H3,(H,20,24)/t16-/m0/s1. The topological polar surface area (TPSA) is 50.2 Å². The highest BCUT2D eigenvalue weighted by molar-refractivity contribution is 7.09. The predicted molar refractivity (Wildman–Crippen MR) is 99.6 cm³/mol. The third-order valence-electron chi connectivity index (χ3n) is 5.57. The lowest BCUT2D eigenvalue weighted by Crippen LogP contribution is -2.45. The van der Waals surface area contributed by atoms with E-state index in [0.29, 0.717) is 12.6 Å². The Balaban J connectivity index is 1.45. The number of thiophene rings is 1. The van der Waals surface area contributed by atoms with Crippen LogP contribution in [0, 0.1) is 0 Å². The van der Waals surface area contributed by atoms with E-state index in [0.717, 1.165) is 30.9 Å². The molecule has 1 aliphatic carbocycles. The molecule has 0 bridgehead atoms. The minimum atomic E-state index is -0.111. The molecule has 0 saturated heterocycles. The molecule has 1 amide bonds. The average Bonchev–Trinajstić information content (AvgIpc) is 3.36. The number of carbonyl (C=O) groups excluding carboxylic acids is 1. The first-order chi connectivity index (χ1) is 12.2. The summed E-state index contributed by atoms with van der Waals surface area (Å²) in [5.41, 5.74) is 2.18. The maximum atomic E-state index is 12.9. The van der Waals surface area contributed by atoms with Crippen LogP contribution in [0.4, 0.5) is 0 Å². The summed E-state index contributed by atoms with van der Waals surface area (Å²) in [6, 6.07) is 4.81. The molecule has 5 nitrogen and oxygen atoms in total. The molecule has 1 saturated carbocycles. The smallest absolute Gasteiger partial charge is 0.230 e. The fourth-order valence-corrected chi connectivity index (χ4v) is 4.99. The number of imidazole rings is 1. The molecular formula is C19H26N4OS. The summed E-state index contributed by atoms with van der Waals surface area (Å²) in [6.07, 6.45) is 7.90. The molecule has 2 aliphatic rings. The number of aromatic nitrogens is 2. The number of amides is 1. The van der Waals surface area contributed by atoms with E-state index in [2.05, 4.69) is 32.7 Å². The summed E-state index contributed by atoms with van der Waals surface area (Å²) in [4.78, 5) is 21.3. The second kappa shape index (κ2) is 7.30. The number of hydrogen-bond donors (Lipinski definition) is 1. The maximum absolute atomic E-state index is 12.9. The van der Waals surface area contributed by atoms with Crippen LogP contribution < -0.4 is 5.32 Å². The Bertz CT molecular complexity index is 718. The van der Waals surface area contributed by atoms with E-state index in [1.165, 1.54) is 30.6 Å². The van der Waals surface area contributed by atoms with Crippen LogP contribution in [0.25, 0.3) is 0 Å². The molecule has 0 radical (unpaired) electrons. The minimum absolute atomic E-state index is 0.111. The molecule has 134 valence electrons. The Kier molecular flexibility index (Phi) is 4.90. The largest absolute Gasteiger partial charge is 0.355 e. The molecule has 6 heteroatoms. The zero-order valence-electron chi connectivity index (χ0n) is 14.8. The van der Waals surface area contributed by atoms with Crippen molar-refractivity contribution in [3.05, 3.63) is 40.1 Å². The van der Waals surface area contributed by atoms with Crippen LogP contribution in [0.15, 0.2) is 23.8 Å². The van der Waals surface area contributed by atoms with Gasteiger partial charge in [0.15, 0.2) is 0 Å². The Morgan fingerprint density at radius 2 is 2.24 bits per heavy atom. The Hall–Kier alpha value is -1.66. The normalized spacial score (nSPS) is 21.4. The summed E-state index contributed by atoms with van der Waals surface area (Å²) in [6.45, 7) is 2.41. The molecule has 4 rings (SSSR count). The van der Waals surface area contributed by atoms with Gasteiger partial charge >= 0.3 is 0 Å². The van der Waals surface area contributed by atoms with Gasteiger partial charge in [0.05, 0.1) is 23.6 Å². The average molecular weight is 359 g/mol. The van der Waals surface area contributed by atoms with Crippen LogP contribution in [-0.4, -0.2) is 39.5 Å². The molecular weight excluding hydrogens is 332 g/mol. The van der Waals surface area contributed by atoms with Crippen LogP contribution in [0.2, 0.25) is 0 Å². The summed E-state index contributed by atoms with van der Waals surface area (Å²) in [5, 5.41) is 5.24. The van der Waals surface area contributed by atoms with Crippen LogP contribution >= 0.6 is 11.3 Å². The molecule has 1 aliphatic heterocycles. The zero-order valence-corrected chi connectivity index (χ0v) is 15.6. The van der Waals surface area contributed by atoms with Crippen LogP contribution in [-0.2, 0) is 24.8 Å². The summed E-state index contributed by atoms with van der Waals surface area (Å²) >= 11 is 1.75. The first-order valence-corrected chi connectivity index (χ1v) is 10.1. The number of aryl methyl sites for hydroxylation is 1. The molecule has 0 aromatic carbocycles. The quantitative estimate of drug-likeness (QED) is 0.894. The van der Waals surface area contributed by atoms with Crippen LogP contribution in [0.1, 0.15) is 47.9 Å². The van der Waals surface area contributed by atoms with Gasteiger partial charge in [-0.3, -0.25) is 9.69 Å². The number of fused-ring (bicyclic) bond motifs is 1. The highest BCUT2D eigenvalue weighted by Gasteiger charge is 2.36. The van der Waals surface area contributed by atoms with E-state index >= 15 is 0 Å². The lowest BCUT2D eigenvalue weighted by molar-refractivity contribution is -0.123. The van der Waals surface area contributed by atoms with Crippen molar-refractivity contribution in [2.75, 3.05) is 13.1 Å². The van der Waals surface area contributed by atoms with Crippen LogP contribution in [0.3, 0.4) is 0 Å². The number of hydrogen-bond acceptors (Lipinski definition) is 4. The van der Waals surface area contributed by atoms with Gasteiger partial charge < -0.3 is 9.88 Å². The Morgan fingerprint density at radius 1 is 1.40 bits per heavy atom. The third-order valence-corrected chi connectivity index (χ3v) is 6.51. The first-order valence-electron chi connectivity index (χ1n) is 9.26. The van der Waals surface area contributed by atoms with E-state index < -0.39 is 0 Å². The van der Waals surface area contributed by atoms with Gasteiger partial charge in [-0.15, -0.1) is 11.3 Å². The SMILES string of the molecule is Cn1cnc2c1[C@@H](C(=O)NCCc1cccs1)CN(C1CCCC1)C2. The number of carbonyl (C=O) groups is 1. The van der Waals surface area contributed by atoms with Crippen molar-refractivity contribution < 1.29 is 4.79 Å². The van der Waals surface area contributed by atoms with Crippen molar-refractivity contribution in [3.63, 3.8) is 0 Å². The minimum Gasteiger partial charge on any atom is -0.355 e. The Morgan fingerprint density at radius 3 is 3.00 bits per heavy atom. The van der Waals surface area contributed by atoms with E-state index in [1.807, 2.05) is 17.9 Å². The summed E-state index contributed by atoms with van der Waals surface area (Å²) in [7, 11) is 2.00. The highest BCUT2D eigenvalue weighted by Crippen LogP contribution is 2.33. The van der Waals surface area contributed by atoms with Gasteiger partial charge in [0.1, 0.15) is 0 Å². The molecule has 1 atom stereocenters. The van der Waals surface area contributed by atoms with Crippen molar-refractivity contribution in [2.24, 2.45) is 7.05 Å². The summed E-state index contributed by atoms with van der Waals surface area (Å²) in [5.74, 6) is 0.0317. The van der Waals surface area contributed by atoms with Crippen molar-refractivity contribution in [1.29, 1.82) is 0 Å². The molecule has 0 unspecified atom stereocenters. The first kappa shape index (κ1) is 16.8. The Labute approximate surface area is 153 Å². The fraction of sp³-hybridized carbons (Fsp3) is 0.579. The van der Waals surface area contributed by atoms with Gasteiger partial charge in [0.25, 0.3) is 0 Å². The molecule has 1 N–H and O–H groups in total. The number of nitrogens with one attached hydrogen (secondary N) is 1. The van der Waals surface area contributed by atoms with E-state index in [1.54, 1.807) is 11.3 Å². The van der Waals surface area contributed by atoms with Crippen molar-refractivity contribution in [2.45, 2.75) is 50.6 Å². The lowest BCUT2D eigenvalue weighted by Gasteiger charge is -2.36. The van der Waals surface area contributed by atoms with E-state index in [4.69, 9.17) is 0 Å². The molecule has 2 aromatic heterocycles. The van der Waals surface area contributed by atoms with Gasteiger partial charge in [-0.25, -0.2) is 4.98 Å². The van der Waals surface area contributed by atoms with Crippen molar-refractivity contribution >= 4 is 17.2 Å². The fourth-order valence-electron chi connectivity index (χ4n) is 4.28. The second-order valence-corrected chi connectivity index (χ2v) is 8.26. The maximum Gasteiger partial charge on any atom is 0.230 e. The molecule has 25 heavy (non-hydrogen) atoms. The van der Waals surface area contributed by atoms with Gasteiger partial charge in [-0.05, 0) is 30.7 Å². The highest BCUT2D eigenvalue weighted by atomic mass is 32.1. The predicted octanol–water partition coefficient (Wildman–Crippen LogP) is 2.68. The molecule has 3 heterocycles. The molecule has 2 aromatic rings. The van der Waals surface area contributed by atoms with Gasteiger partial charge in [-0.2, -0.15) is 0 Å². The van der Waals surface area contributed by atoms with E-state index in [-0.39, 0.29) is 11.8 Å². The van der Waals surface area contributed by atoms with Crippen LogP contribution in [0.5, 0.6) is 0 Å². The summed E-state index contributed by atoms with van der Waals surface area (Å²) < 4.78 is 2.03. The van der Waals surface area contributed by atoms with Crippen molar-refractivity contribution in [3.8, 4) is 0 Å².